The molecule has 0 heterocycles. The van der Waals surface area contributed by atoms with Gasteiger partial charge >= 0.3 is 6.16 Å². The molecule has 0 bridgehead atoms. The Morgan fingerprint density at radius 3 is 1.67 bits per heavy atom. The van der Waals surface area contributed by atoms with E-state index in [4.69, 9.17) is 0 Å². The van der Waals surface area contributed by atoms with Crippen molar-refractivity contribution in [1.29, 1.82) is 0 Å². The van der Waals surface area contributed by atoms with Crippen LogP contribution in [0, 0.1) is 0 Å². The molecule has 72 valence electrons. The third-order valence-electron chi connectivity index (χ3n) is 0.848. The first-order valence-electron chi connectivity index (χ1n) is 4.10. The molecule has 0 saturated heterocycles. The van der Waals surface area contributed by atoms with Crippen LogP contribution in [0.1, 0.15) is 26.7 Å². The van der Waals surface area contributed by atoms with Crippen molar-refractivity contribution in [3.05, 3.63) is 13.2 Å². The number of hydrogen-bond acceptors (Lipinski definition) is 3. The molecule has 0 unspecified atom stereocenters. The predicted octanol–water partition coefficient (Wildman–Crippen LogP) is 2.76. The second-order valence-electron chi connectivity index (χ2n) is 1.95. The molecule has 0 aromatic heterocycles. The van der Waals surface area contributed by atoms with Gasteiger partial charge in [0.1, 0.15) is 0 Å². The second-order valence-corrected chi connectivity index (χ2v) is 1.95. The Morgan fingerprint density at radius 1 is 1.08 bits per heavy atom. The fourth-order valence-corrected chi connectivity index (χ4v) is 0.412. The number of carbonyl (C=O) groups is 1. The molecule has 3 nitrogen and oxygen atoms in total. The molecule has 12 heavy (non-hydrogen) atoms. The molecule has 3 heteroatoms. The summed E-state index contributed by atoms with van der Waals surface area (Å²) in [4.78, 5) is 10.5. The Kier molecular flexibility index (Phi) is 14.3. The third-order valence-corrected chi connectivity index (χ3v) is 0.848. The summed E-state index contributed by atoms with van der Waals surface area (Å²) in [6.07, 6.45) is 1.12. The van der Waals surface area contributed by atoms with E-state index >= 15 is 0 Å². The molecule has 0 radical (unpaired) electrons. The Balaban J connectivity index is 0. The van der Waals surface area contributed by atoms with Gasteiger partial charge in [-0.3, -0.25) is 0 Å². The maximum absolute atomic E-state index is 10.5. The molecule has 0 N–H and O–H groups in total. The van der Waals surface area contributed by atoms with Crippen LogP contribution in [0.25, 0.3) is 0 Å². The van der Waals surface area contributed by atoms with Crippen LogP contribution in [-0.2, 0) is 9.47 Å². The maximum Gasteiger partial charge on any atom is 0.508 e. The largest absolute Gasteiger partial charge is 0.508 e. The van der Waals surface area contributed by atoms with Crippen molar-refractivity contribution in [2.24, 2.45) is 0 Å². The highest BCUT2D eigenvalue weighted by Gasteiger charge is 1.99. The highest BCUT2D eigenvalue weighted by molar-refractivity contribution is 5.59. The molecule has 0 rings (SSSR count). The molecule has 0 aliphatic carbocycles. The Labute approximate surface area is 74.4 Å². The van der Waals surface area contributed by atoms with Crippen LogP contribution in [0.3, 0.4) is 0 Å². The first-order valence-corrected chi connectivity index (χ1v) is 4.10. The SMILES string of the molecule is C=C.CCCOC(=O)OCCC. The van der Waals surface area contributed by atoms with E-state index in [1.165, 1.54) is 0 Å². The van der Waals surface area contributed by atoms with Crippen molar-refractivity contribution >= 4 is 6.16 Å². The highest BCUT2D eigenvalue weighted by atomic mass is 16.7. The lowest BCUT2D eigenvalue weighted by atomic mass is 10.5. The fraction of sp³-hybridized carbons (Fsp3) is 0.667. The normalized spacial score (nSPS) is 7.83. The standard InChI is InChI=1S/C7H14O3.C2H4/c1-3-5-9-7(8)10-6-4-2;1-2/h3-6H2,1-2H3;1-2H2. The molecule has 0 aromatic rings. The molecule has 0 amide bonds. The summed E-state index contributed by atoms with van der Waals surface area (Å²) in [6, 6.07) is 0. The van der Waals surface area contributed by atoms with E-state index in [-0.39, 0.29) is 0 Å². The number of rotatable bonds is 4. The minimum atomic E-state index is -0.552. The summed E-state index contributed by atoms with van der Waals surface area (Å²) in [6.45, 7) is 10.8. The van der Waals surface area contributed by atoms with Crippen LogP contribution in [0.2, 0.25) is 0 Å². The minimum Gasteiger partial charge on any atom is -0.434 e. The third kappa shape index (κ3) is 11.8. The van der Waals surface area contributed by atoms with Gasteiger partial charge in [0.25, 0.3) is 0 Å². The number of carbonyl (C=O) groups excluding carboxylic acids is 1. The van der Waals surface area contributed by atoms with Crippen molar-refractivity contribution in [2.45, 2.75) is 26.7 Å². The van der Waals surface area contributed by atoms with Crippen LogP contribution in [0.5, 0.6) is 0 Å². The minimum absolute atomic E-state index is 0.447. The summed E-state index contributed by atoms with van der Waals surface area (Å²) >= 11 is 0. The number of ether oxygens (including phenoxy) is 2. The zero-order valence-electron chi connectivity index (χ0n) is 7.97. The van der Waals surface area contributed by atoms with Gasteiger partial charge in [-0.25, -0.2) is 4.79 Å². The topological polar surface area (TPSA) is 35.5 Å². The second kappa shape index (κ2) is 12.7. The van der Waals surface area contributed by atoms with E-state index in [0.29, 0.717) is 13.2 Å². The zero-order valence-corrected chi connectivity index (χ0v) is 7.97. The lowest BCUT2D eigenvalue weighted by Gasteiger charge is -2.02. The van der Waals surface area contributed by atoms with Crippen molar-refractivity contribution in [2.75, 3.05) is 13.2 Å². The van der Waals surface area contributed by atoms with Gasteiger partial charge in [0.2, 0.25) is 0 Å². The molecule has 0 aliphatic rings. The van der Waals surface area contributed by atoms with Crippen LogP contribution >= 0.6 is 0 Å². The van der Waals surface area contributed by atoms with E-state index in [1.54, 1.807) is 0 Å². The van der Waals surface area contributed by atoms with Crippen LogP contribution in [0.15, 0.2) is 13.2 Å². The summed E-state index contributed by atoms with van der Waals surface area (Å²) in [7, 11) is 0. The van der Waals surface area contributed by atoms with Crippen molar-refractivity contribution in [1.82, 2.24) is 0 Å². The molecule has 0 fully saturated rings. The van der Waals surface area contributed by atoms with E-state index in [9.17, 15) is 4.79 Å². The molecular formula is C9H18O3. The monoisotopic (exact) mass is 174 g/mol. The van der Waals surface area contributed by atoms with E-state index < -0.39 is 6.16 Å². The van der Waals surface area contributed by atoms with Gasteiger partial charge in [-0.1, -0.05) is 13.8 Å². The average Bonchev–Trinajstić information content (AvgIpc) is 2.14. The summed E-state index contributed by atoms with van der Waals surface area (Å²) < 4.78 is 9.26. The fourth-order valence-electron chi connectivity index (χ4n) is 0.412. The van der Waals surface area contributed by atoms with E-state index in [2.05, 4.69) is 22.6 Å². The zero-order chi connectivity index (χ0) is 9.82. The van der Waals surface area contributed by atoms with Gasteiger partial charge in [-0.2, -0.15) is 0 Å². The van der Waals surface area contributed by atoms with Crippen molar-refractivity contribution < 1.29 is 14.3 Å². The van der Waals surface area contributed by atoms with E-state index in [0.717, 1.165) is 12.8 Å². The lowest BCUT2D eigenvalue weighted by molar-refractivity contribution is 0.0555. The maximum atomic E-state index is 10.5. The van der Waals surface area contributed by atoms with Crippen LogP contribution in [0.4, 0.5) is 4.79 Å². The predicted molar refractivity (Wildman–Crippen MR) is 49.1 cm³/mol. The van der Waals surface area contributed by atoms with Crippen LogP contribution < -0.4 is 0 Å². The van der Waals surface area contributed by atoms with Gasteiger partial charge in [0, 0.05) is 0 Å². The van der Waals surface area contributed by atoms with Crippen LogP contribution in [-0.4, -0.2) is 19.4 Å². The van der Waals surface area contributed by atoms with E-state index in [1.807, 2.05) is 13.8 Å². The van der Waals surface area contributed by atoms with Gasteiger partial charge in [0.05, 0.1) is 13.2 Å². The molecule has 0 aliphatic heterocycles. The average molecular weight is 174 g/mol. The molecule has 0 spiro atoms. The molecule has 0 saturated carbocycles. The van der Waals surface area contributed by atoms with Crippen molar-refractivity contribution in [3.8, 4) is 0 Å². The Bertz CT molecular complexity index is 91.9. The molecule has 0 aromatic carbocycles. The summed E-state index contributed by atoms with van der Waals surface area (Å²) in [5, 5.41) is 0. The summed E-state index contributed by atoms with van der Waals surface area (Å²) in [5.41, 5.74) is 0. The molecular weight excluding hydrogens is 156 g/mol. The quantitative estimate of drug-likeness (QED) is 0.485. The molecule has 0 atom stereocenters. The first-order chi connectivity index (χ1) is 5.81. The Morgan fingerprint density at radius 2 is 1.42 bits per heavy atom. The first kappa shape index (κ1) is 13.6. The highest BCUT2D eigenvalue weighted by Crippen LogP contribution is 1.88. The van der Waals surface area contributed by atoms with Gasteiger partial charge < -0.3 is 9.47 Å². The smallest absolute Gasteiger partial charge is 0.434 e. The van der Waals surface area contributed by atoms with Gasteiger partial charge in [-0.15, -0.1) is 13.2 Å². The number of hydrogen-bond donors (Lipinski definition) is 0. The summed E-state index contributed by atoms with van der Waals surface area (Å²) in [5.74, 6) is 0. The van der Waals surface area contributed by atoms with Gasteiger partial charge in [-0.05, 0) is 12.8 Å². The van der Waals surface area contributed by atoms with Crippen molar-refractivity contribution in [3.63, 3.8) is 0 Å². The lowest BCUT2D eigenvalue weighted by Crippen LogP contribution is -2.08. The van der Waals surface area contributed by atoms with Gasteiger partial charge in [0.15, 0.2) is 0 Å². The Hall–Kier alpha value is -0.990.